The van der Waals surface area contributed by atoms with Crippen LogP contribution in [0.2, 0.25) is 0 Å². The van der Waals surface area contributed by atoms with Crippen molar-refractivity contribution in [2.75, 3.05) is 0 Å². The van der Waals surface area contributed by atoms with Gasteiger partial charge in [-0.05, 0) is 54.2 Å². The standard InChI is InChI=1S/C15H16N2O3S/c18-15(9-4-5-13-14(8-9)17-20-16-13)10-6-11-2-1-3-12(7-10)21(11)19/h4-5,8,10-12H,1-3,6-7H2. The molecule has 0 radical (unpaired) electrons. The summed E-state index contributed by atoms with van der Waals surface area (Å²) in [4.78, 5) is 12.7. The van der Waals surface area contributed by atoms with Gasteiger partial charge in [0.1, 0.15) is 11.0 Å². The minimum atomic E-state index is -0.735. The van der Waals surface area contributed by atoms with Crippen LogP contribution >= 0.6 is 0 Å². The Morgan fingerprint density at radius 3 is 2.62 bits per heavy atom. The van der Waals surface area contributed by atoms with Crippen LogP contribution in [-0.2, 0) is 10.8 Å². The number of Topliss-reactive ketones (excluding diaryl/α,β-unsaturated/α-hetero) is 1. The second kappa shape index (κ2) is 5.02. The first kappa shape index (κ1) is 13.1. The number of ketones is 1. The number of fused-ring (bicyclic) bond motifs is 3. The lowest BCUT2D eigenvalue weighted by Gasteiger charge is -2.37. The fourth-order valence-corrected chi connectivity index (χ4v) is 5.81. The van der Waals surface area contributed by atoms with Crippen LogP contribution in [0.25, 0.3) is 11.0 Å². The molecule has 1 aromatic heterocycles. The van der Waals surface area contributed by atoms with Gasteiger partial charge in [-0.2, -0.15) is 0 Å². The molecule has 2 aliphatic rings. The number of nitrogens with zero attached hydrogens (tertiary/aromatic N) is 2. The maximum absolute atomic E-state index is 12.7. The third kappa shape index (κ3) is 2.21. The molecule has 2 saturated heterocycles. The molecule has 0 amide bonds. The van der Waals surface area contributed by atoms with Crippen molar-refractivity contribution < 1.29 is 13.6 Å². The lowest BCUT2D eigenvalue weighted by molar-refractivity contribution is 0.0895. The molecule has 1 aromatic carbocycles. The summed E-state index contributed by atoms with van der Waals surface area (Å²) in [5.41, 5.74) is 1.93. The third-order valence-corrected chi connectivity index (χ3v) is 6.88. The Morgan fingerprint density at radius 1 is 1.14 bits per heavy atom. The maximum atomic E-state index is 12.7. The van der Waals surface area contributed by atoms with Crippen molar-refractivity contribution in [3.8, 4) is 0 Å². The summed E-state index contributed by atoms with van der Waals surface area (Å²) in [6.07, 6.45) is 4.67. The molecule has 2 atom stereocenters. The summed E-state index contributed by atoms with van der Waals surface area (Å²) in [6.45, 7) is 0. The monoisotopic (exact) mass is 304 g/mol. The molecule has 2 fully saturated rings. The number of carbonyl (C=O) groups is 1. The molecule has 0 N–H and O–H groups in total. The smallest absolute Gasteiger partial charge is 0.166 e. The SMILES string of the molecule is O=C(c1ccc2nonc2c1)C1CC2CCCC(C1)S2=O. The lowest BCUT2D eigenvalue weighted by atomic mass is 9.84. The Labute approximate surface area is 124 Å². The van der Waals surface area contributed by atoms with Crippen LogP contribution in [0.3, 0.4) is 0 Å². The molecule has 21 heavy (non-hydrogen) atoms. The highest BCUT2D eigenvalue weighted by atomic mass is 32.2. The Kier molecular flexibility index (Phi) is 3.14. The number of benzene rings is 1. The van der Waals surface area contributed by atoms with Crippen LogP contribution in [-0.4, -0.2) is 30.8 Å². The van der Waals surface area contributed by atoms with Gasteiger partial charge in [-0.1, -0.05) is 6.42 Å². The van der Waals surface area contributed by atoms with Crippen LogP contribution in [0.15, 0.2) is 22.8 Å². The van der Waals surface area contributed by atoms with E-state index in [1.54, 1.807) is 18.2 Å². The van der Waals surface area contributed by atoms with Crippen molar-refractivity contribution in [1.82, 2.24) is 10.3 Å². The average molecular weight is 304 g/mol. The highest BCUT2D eigenvalue weighted by molar-refractivity contribution is 7.86. The van der Waals surface area contributed by atoms with Crippen molar-refractivity contribution >= 4 is 27.6 Å². The highest BCUT2D eigenvalue weighted by Gasteiger charge is 2.40. The molecule has 0 saturated carbocycles. The molecule has 2 bridgehead atoms. The molecular formula is C15H16N2O3S. The van der Waals surface area contributed by atoms with E-state index in [9.17, 15) is 9.00 Å². The quantitative estimate of drug-likeness (QED) is 0.797. The van der Waals surface area contributed by atoms with E-state index in [2.05, 4.69) is 14.9 Å². The molecule has 2 aromatic rings. The minimum absolute atomic E-state index is 0.00434. The fourth-order valence-electron chi connectivity index (χ4n) is 3.62. The molecule has 2 aliphatic heterocycles. The summed E-state index contributed by atoms with van der Waals surface area (Å²) in [5, 5.41) is 7.96. The van der Waals surface area contributed by atoms with Crippen molar-refractivity contribution in [3.05, 3.63) is 23.8 Å². The average Bonchev–Trinajstić information content (AvgIpc) is 2.93. The largest absolute Gasteiger partial charge is 0.294 e. The second-order valence-corrected chi connectivity index (χ2v) is 7.99. The van der Waals surface area contributed by atoms with Gasteiger partial charge >= 0.3 is 0 Å². The van der Waals surface area contributed by atoms with Gasteiger partial charge in [0.15, 0.2) is 5.78 Å². The van der Waals surface area contributed by atoms with E-state index in [0.717, 1.165) is 32.1 Å². The Balaban J connectivity index is 1.61. The molecule has 3 heterocycles. The summed E-state index contributed by atoms with van der Waals surface area (Å²) in [6, 6.07) is 5.30. The number of hydrogen-bond acceptors (Lipinski definition) is 5. The molecule has 6 heteroatoms. The van der Waals surface area contributed by atoms with E-state index < -0.39 is 10.8 Å². The predicted octanol–water partition coefficient (Wildman–Crippen LogP) is 2.49. The number of carbonyl (C=O) groups excluding carboxylic acids is 1. The van der Waals surface area contributed by atoms with Crippen LogP contribution in [0.4, 0.5) is 0 Å². The van der Waals surface area contributed by atoms with Gasteiger partial charge in [0.25, 0.3) is 0 Å². The molecule has 4 rings (SSSR count). The minimum Gasteiger partial charge on any atom is -0.294 e. The molecule has 2 unspecified atom stereocenters. The van der Waals surface area contributed by atoms with Gasteiger partial charge < -0.3 is 0 Å². The van der Waals surface area contributed by atoms with E-state index in [1.807, 2.05) is 0 Å². The second-order valence-electron chi connectivity index (χ2n) is 6.00. The molecule has 5 nitrogen and oxygen atoms in total. The topological polar surface area (TPSA) is 73.1 Å². The summed E-state index contributed by atoms with van der Waals surface area (Å²) in [7, 11) is -0.735. The zero-order chi connectivity index (χ0) is 14.4. The predicted molar refractivity (Wildman–Crippen MR) is 78.4 cm³/mol. The van der Waals surface area contributed by atoms with Crippen molar-refractivity contribution in [2.24, 2.45) is 5.92 Å². The highest BCUT2D eigenvalue weighted by Crippen LogP contribution is 2.38. The fraction of sp³-hybridized carbons (Fsp3) is 0.533. The third-order valence-electron chi connectivity index (χ3n) is 4.71. The Bertz CT molecular complexity index is 711. The summed E-state index contributed by atoms with van der Waals surface area (Å²) >= 11 is 0. The van der Waals surface area contributed by atoms with Crippen molar-refractivity contribution in [2.45, 2.75) is 42.6 Å². The first-order valence-corrected chi connectivity index (χ1v) is 8.66. The van der Waals surface area contributed by atoms with Crippen molar-refractivity contribution in [1.29, 1.82) is 0 Å². The molecule has 0 aliphatic carbocycles. The normalized spacial score (nSPS) is 32.2. The van der Waals surface area contributed by atoms with Gasteiger partial charge in [0, 0.05) is 32.8 Å². The van der Waals surface area contributed by atoms with E-state index >= 15 is 0 Å². The summed E-state index contributed by atoms with van der Waals surface area (Å²) in [5.74, 6) is 0.142. The van der Waals surface area contributed by atoms with Gasteiger partial charge in [0.05, 0.1) is 0 Å². The van der Waals surface area contributed by atoms with Crippen molar-refractivity contribution in [3.63, 3.8) is 0 Å². The number of aromatic nitrogens is 2. The zero-order valence-corrected chi connectivity index (χ0v) is 12.3. The van der Waals surface area contributed by atoms with Crippen LogP contribution in [0.5, 0.6) is 0 Å². The van der Waals surface area contributed by atoms with Crippen LogP contribution < -0.4 is 0 Å². The lowest BCUT2D eigenvalue weighted by Crippen LogP contribution is -2.41. The molecular weight excluding hydrogens is 288 g/mol. The van der Waals surface area contributed by atoms with Gasteiger partial charge in [-0.25, -0.2) is 4.63 Å². The van der Waals surface area contributed by atoms with Crippen LogP contribution in [0.1, 0.15) is 42.5 Å². The van der Waals surface area contributed by atoms with Gasteiger partial charge in [-0.3, -0.25) is 9.00 Å². The molecule has 110 valence electrons. The Morgan fingerprint density at radius 2 is 1.86 bits per heavy atom. The van der Waals surface area contributed by atoms with E-state index in [-0.39, 0.29) is 22.2 Å². The van der Waals surface area contributed by atoms with E-state index in [1.165, 1.54) is 0 Å². The zero-order valence-electron chi connectivity index (χ0n) is 11.5. The van der Waals surface area contributed by atoms with Crippen LogP contribution in [0, 0.1) is 5.92 Å². The maximum Gasteiger partial charge on any atom is 0.166 e. The summed E-state index contributed by atoms with van der Waals surface area (Å²) < 4.78 is 16.9. The Hall–Kier alpha value is -1.56. The van der Waals surface area contributed by atoms with Gasteiger partial charge in [-0.15, -0.1) is 0 Å². The first-order valence-electron chi connectivity index (χ1n) is 7.38. The first-order chi connectivity index (χ1) is 10.2. The molecule has 0 spiro atoms. The van der Waals surface area contributed by atoms with E-state index in [4.69, 9.17) is 0 Å². The number of rotatable bonds is 2. The van der Waals surface area contributed by atoms with Gasteiger partial charge in [0.2, 0.25) is 0 Å². The van der Waals surface area contributed by atoms with E-state index in [0.29, 0.717) is 16.6 Å². The number of hydrogen-bond donors (Lipinski definition) is 0.